The molecule has 0 radical (unpaired) electrons. The second-order valence-corrected chi connectivity index (χ2v) is 15.5. The molecular weight excluding hydrogens is 655 g/mol. The van der Waals surface area contributed by atoms with Crippen LogP contribution in [-0.2, 0) is 48.9 Å². The molecule has 2 amide bonds. The number of thioether (sulfide) groups is 2. The highest BCUT2D eigenvalue weighted by molar-refractivity contribution is 8.17. The zero-order chi connectivity index (χ0) is 31.6. The standard InChI is InChI=1S/C25H29N7O6S5/c1-16(40-24(26)29-21(33)14-17-2-6-19(7-3-17)42(27,35)36)10-12-39-13-11-23-31-32-25(41-23)30-22(34)15-18-4-8-20(9-5-18)43(28,37)38/h2-9H,1,10-15H2,(H2,26,29,33)(H2,27,35,36)(H2,28,37,38)(H,30,32,34). The number of rotatable bonds is 14. The third-order valence-electron chi connectivity index (χ3n) is 5.43. The first-order chi connectivity index (χ1) is 20.2. The van der Waals surface area contributed by atoms with Gasteiger partial charge in [-0.1, -0.05) is 53.9 Å². The maximum atomic E-state index is 12.3. The number of amides is 2. The number of nitrogens with zero attached hydrogens (tertiary/aromatic N) is 2. The van der Waals surface area contributed by atoms with E-state index in [4.69, 9.17) is 15.7 Å². The summed E-state index contributed by atoms with van der Waals surface area (Å²) in [6, 6.07) is 11.4. The minimum absolute atomic E-state index is 0.0234. The van der Waals surface area contributed by atoms with Gasteiger partial charge in [0.15, 0.2) is 5.17 Å². The molecule has 3 rings (SSSR count). The Labute approximate surface area is 261 Å². The number of hydrogen-bond donors (Lipinski definition) is 5. The number of sulfonamides is 2. The maximum absolute atomic E-state index is 12.3. The minimum atomic E-state index is -3.81. The zero-order valence-electron chi connectivity index (χ0n) is 22.6. The zero-order valence-corrected chi connectivity index (χ0v) is 26.7. The van der Waals surface area contributed by atoms with Gasteiger partial charge in [0.2, 0.25) is 37.0 Å². The van der Waals surface area contributed by atoms with Crippen LogP contribution in [0.1, 0.15) is 22.6 Å². The average Bonchev–Trinajstić information content (AvgIpc) is 3.34. The smallest absolute Gasteiger partial charge is 0.238 e. The van der Waals surface area contributed by atoms with E-state index in [1.54, 1.807) is 11.8 Å². The van der Waals surface area contributed by atoms with Crippen LogP contribution in [0.5, 0.6) is 0 Å². The Balaban J connectivity index is 1.29. The predicted molar refractivity (Wildman–Crippen MR) is 170 cm³/mol. The summed E-state index contributed by atoms with van der Waals surface area (Å²) in [6.45, 7) is 3.95. The maximum Gasteiger partial charge on any atom is 0.238 e. The summed E-state index contributed by atoms with van der Waals surface area (Å²) in [5.41, 5.74) is 1.20. The number of aromatic nitrogens is 2. The lowest BCUT2D eigenvalue weighted by atomic mass is 10.1. The molecule has 0 aliphatic heterocycles. The predicted octanol–water partition coefficient (Wildman–Crippen LogP) is 2.22. The molecule has 43 heavy (non-hydrogen) atoms. The Morgan fingerprint density at radius 1 is 0.860 bits per heavy atom. The molecule has 2 aromatic carbocycles. The van der Waals surface area contributed by atoms with Gasteiger partial charge in [-0.2, -0.15) is 11.8 Å². The Kier molecular flexibility index (Phi) is 12.4. The summed E-state index contributed by atoms with van der Waals surface area (Å²) in [7, 11) is -7.60. The minimum Gasteiger partial charge on any atom is -0.305 e. The summed E-state index contributed by atoms with van der Waals surface area (Å²) in [4.78, 5) is 25.2. The Morgan fingerprint density at radius 3 is 1.93 bits per heavy atom. The fraction of sp³-hybridized carbons (Fsp3) is 0.240. The second kappa shape index (κ2) is 15.6. The summed E-state index contributed by atoms with van der Waals surface area (Å²) < 4.78 is 45.3. The van der Waals surface area contributed by atoms with Gasteiger partial charge in [-0.3, -0.25) is 15.0 Å². The summed E-state index contributed by atoms with van der Waals surface area (Å²) >= 11 is 4.00. The number of carbonyl (C=O) groups is 2. The van der Waals surface area contributed by atoms with Crippen LogP contribution >= 0.6 is 34.9 Å². The van der Waals surface area contributed by atoms with E-state index in [1.807, 2.05) is 0 Å². The second-order valence-electron chi connectivity index (χ2n) is 8.91. The van der Waals surface area contributed by atoms with Crippen molar-refractivity contribution in [3.8, 4) is 0 Å². The van der Waals surface area contributed by atoms with Crippen LogP contribution in [0, 0.1) is 5.41 Å². The molecule has 1 heterocycles. The van der Waals surface area contributed by atoms with Gasteiger partial charge < -0.3 is 10.6 Å². The van der Waals surface area contributed by atoms with Crippen molar-refractivity contribution in [2.45, 2.75) is 35.5 Å². The van der Waals surface area contributed by atoms with Crippen LogP contribution in [0.25, 0.3) is 0 Å². The third kappa shape index (κ3) is 12.2. The first kappa shape index (κ1) is 34.4. The molecule has 1 aromatic heterocycles. The molecule has 3 aromatic rings. The van der Waals surface area contributed by atoms with Gasteiger partial charge in [0.1, 0.15) is 5.01 Å². The van der Waals surface area contributed by atoms with Gasteiger partial charge in [-0.05, 0) is 58.2 Å². The van der Waals surface area contributed by atoms with Crippen LogP contribution in [0.4, 0.5) is 5.13 Å². The molecule has 7 N–H and O–H groups in total. The molecule has 0 bridgehead atoms. The van der Waals surface area contributed by atoms with Gasteiger partial charge in [-0.15, -0.1) is 10.2 Å². The van der Waals surface area contributed by atoms with E-state index in [9.17, 15) is 26.4 Å². The molecule has 18 heteroatoms. The van der Waals surface area contributed by atoms with Gasteiger partial charge in [0.25, 0.3) is 0 Å². The normalized spacial score (nSPS) is 11.6. The lowest BCUT2D eigenvalue weighted by molar-refractivity contribution is -0.119. The van der Waals surface area contributed by atoms with Crippen LogP contribution in [0.2, 0.25) is 0 Å². The van der Waals surface area contributed by atoms with Crippen molar-refractivity contribution in [2.24, 2.45) is 10.3 Å². The fourth-order valence-corrected chi connectivity index (χ4v) is 7.01. The molecule has 0 saturated carbocycles. The summed E-state index contributed by atoms with van der Waals surface area (Å²) in [5.74, 6) is 0.789. The fourth-order valence-electron chi connectivity index (χ4n) is 3.37. The number of allylic oxidation sites excluding steroid dienone is 1. The van der Waals surface area contributed by atoms with Crippen molar-refractivity contribution < 1.29 is 26.4 Å². The number of amidine groups is 1. The molecule has 0 atom stereocenters. The number of hydrogen-bond acceptors (Lipinski definition) is 12. The summed E-state index contributed by atoms with van der Waals surface area (Å²) in [6.07, 6.45) is 1.29. The van der Waals surface area contributed by atoms with E-state index in [0.29, 0.717) is 29.1 Å². The number of benzene rings is 2. The number of primary sulfonamides is 2. The van der Waals surface area contributed by atoms with Crippen LogP contribution in [-0.4, -0.2) is 55.5 Å². The lowest BCUT2D eigenvalue weighted by Crippen LogP contribution is -2.29. The number of nitrogens with two attached hydrogens (primary N) is 2. The van der Waals surface area contributed by atoms with E-state index in [-0.39, 0.29) is 33.7 Å². The molecule has 230 valence electrons. The van der Waals surface area contributed by atoms with Gasteiger partial charge in [0, 0.05) is 6.42 Å². The lowest BCUT2D eigenvalue weighted by Gasteiger charge is -2.09. The molecule has 0 spiro atoms. The van der Waals surface area contributed by atoms with Crippen molar-refractivity contribution in [1.82, 2.24) is 15.5 Å². The largest absolute Gasteiger partial charge is 0.305 e. The van der Waals surface area contributed by atoms with Crippen molar-refractivity contribution in [2.75, 3.05) is 16.8 Å². The summed E-state index contributed by atoms with van der Waals surface area (Å²) in [5, 5.41) is 32.5. The highest BCUT2D eigenvalue weighted by Gasteiger charge is 2.13. The topological polar surface area (TPSA) is 228 Å². The highest BCUT2D eigenvalue weighted by atomic mass is 32.2. The number of aryl methyl sites for hydroxylation is 1. The van der Waals surface area contributed by atoms with E-state index in [1.165, 1.54) is 59.9 Å². The van der Waals surface area contributed by atoms with Crippen molar-refractivity contribution in [3.63, 3.8) is 0 Å². The van der Waals surface area contributed by atoms with E-state index >= 15 is 0 Å². The molecular formula is C25H29N7O6S5. The average molecular weight is 684 g/mol. The molecule has 13 nitrogen and oxygen atoms in total. The molecule has 0 aliphatic carbocycles. The van der Waals surface area contributed by atoms with Crippen molar-refractivity contribution in [3.05, 3.63) is 76.1 Å². The van der Waals surface area contributed by atoms with E-state index < -0.39 is 26.0 Å². The van der Waals surface area contributed by atoms with Gasteiger partial charge in [-0.25, -0.2) is 27.1 Å². The quantitative estimate of drug-likeness (QED) is 0.0945. The Morgan fingerprint density at radius 2 is 1.40 bits per heavy atom. The molecule has 0 aliphatic rings. The van der Waals surface area contributed by atoms with E-state index in [0.717, 1.165) is 33.2 Å². The SMILES string of the molecule is C=C(CCSCCc1nnc(NC(=O)Cc2ccc(S(N)(=O)=O)cc2)s1)SC(=N)NC(=O)Cc1ccc(S(N)(=O)=O)cc1. The third-order valence-corrected chi connectivity index (χ3v) is 9.97. The van der Waals surface area contributed by atoms with Gasteiger partial charge in [0.05, 0.1) is 22.6 Å². The van der Waals surface area contributed by atoms with E-state index in [2.05, 4.69) is 27.4 Å². The van der Waals surface area contributed by atoms with Gasteiger partial charge >= 0.3 is 0 Å². The Bertz CT molecular complexity index is 1690. The Hall–Kier alpha value is -3.13. The van der Waals surface area contributed by atoms with Crippen LogP contribution in [0.3, 0.4) is 0 Å². The first-order valence-corrected chi connectivity index (χ1v) is 18.2. The molecule has 0 unspecified atom stereocenters. The number of anilines is 1. The highest BCUT2D eigenvalue weighted by Crippen LogP contribution is 2.22. The number of nitrogens with one attached hydrogen (secondary N) is 3. The van der Waals surface area contributed by atoms with Crippen molar-refractivity contribution >= 4 is 77.0 Å². The van der Waals surface area contributed by atoms with Crippen LogP contribution in [0.15, 0.2) is 69.8 Å². The number of carbonyl (C=O) groups excluding carboxylic acids is 2. The molecule has 0 fully saturated rings. The monoisotopic (exact) mass is 683 g/mol. The van der Waals surface area contributed by atoms with Crippen molar-refractivity contribution in [1.29, 1.82) is 5.41 Å². The first-order valence-electron chi connectivity index (χ1n) is 12.4. The molecule has 0 saturated heterocycles. The van der Waals surface area contributed by atoms with Crippen LogP contribution < -0.4 is 20.9 Å².